The minimum atomic E-state index is 0.251. The van der Waals surface area contributed by atoms with E-state index in [0.717, 1.165) is 11.3 Å². The number of nitrogen functional groups attached to an aromatic ring is 1. The van der Waals surface area contributed by atoms with Crippen molar-refractivity contribution >= 4 is 28.9 Å². The van der Waals surface area contributed by atoms with E-state index in [-0.39, 0.29) is 5.82 Å². The molecule has 2 rings (SSSR count). The largest absolute Gasteiger partial charge is 0.382 e. The van der Waals surface area contributed by atoms with Gasteiger partial charge in [0.15, 0.2) is 5.82 Å². The molecule has 82 valence electrons. The van der Waals surface area contributed by atoms with Crippen LogP contribution in [0.25, 0.3) is 0 Å². The highest BCUT2D eigenvalue weighted by atomic mass is 35.5. The van der Waals surface area contributed by atoms with E-state index in [1.807, 2.05) is 13.0 Å². The minimum Gasteiger partial charge on any atom is -0.382 e. The summed E-state index contributed by atoms with van der Waals surface area (Å²) in [4.78, 5) is 11.8. The second kappa shape index (κ2) is 4.32. The molecule has 0 saturated heterocycles. The van der Waals surface area contributed by atoms with Crippen molar-refractivity contribution in [3.05, 3.63) is 35.4 Å². The zero-order valence-corrected chi connectivity index (χ0v) is 9.36. The van der Waals surface area contributed by atoms with Crippen molar-refractivity contribution in [1.82, 2.24) is 15.0 Å². The van der Waals surface area contributed by atoms with E-state index >= 15 is 0 Å². The van der Waals surface area contributed by atoms with Crippen LogP contribution in [0.1, 0.15) is 5.56 Å². The van der Waals surface area contributed by atoms with E-state index in [1.54, 1.807) is 12.4 Å². The Bertz CT molecular complexity index is 514. The number of pyridine rings is 1. The molecule has 0 radical (unpaired) electrons. The van der Waals surface area contributed by atoms with Crippen LogP contribution < -0.4 is 11.1 Å². The fourth-order valence-corrected chi connectivity index (χ4v) is 1.34. The highest BCUT2D eigenvalue weighted by Crippen LogP contribution is 2.27. The molecule has 0 bridgehead atoms. The van der Waals surface area contributed by atoms with Crippen LogP contribution in [0.5, 0.6) is 0 Å². The van der Waals surface area contributed by atoms with Crippen LogP contribution in [0.15, 0.2) is 24.8 Å². The van der Waals surface area contributed by atoms with Gasteiger partial charge in [-0.2, -0.15) is 0 Å². The molecule has 2 aromatic rings. The Morgan fingerprint density at radius 1 is 1.38 bits per heavy atom. The Hall–Kier alpha value is -1.88. The second-order valence-electron chi connectivity index (χ2n) is 3.24. The van der Waals surface area contributed by atoms with Gasteiger partial charge in [0.2, 0.25) is 0 Å². The molecule has 0 spiro atoms. The van der Waals surface area contributed by atoms with Crippen molar-refractivity contribution in [2.24, 2.45) is 0 Å². The number of nitrogens with two attached hydrogens (primary N) is 1. The molecule has 16 heavy (non-hydrogen) atoms. The quantitative estimate of drug-likeness (QED) is 0.834. The smallest absolute Gasteiger partial charge is 0.154 e. The summed E-state index contributed by atoms with van der Waals surface area (Å²) >= 11 is 5.96. The maximum atomic E-state index is 5.96. The van der Waals surface area contributed by atoms with E-state index in [2.05, 4.69) is 20.3 Å². The van der Waals surface area contributed by atoms with Crippen LogP contribution in [0.3, 0.4) is 0 Å². The van der Waals surface area contributed by atoms with Crippen molar-refractivity contribution in [2.45, 2.75) is 6.92 Å². The molecule has 0 aliphatic carbocycles. The van der Waals surface area contributed by atoms with Gasteiger partial charge < -0.3 is 11.1 Å². The van der Waals surface area contributed by atoms with E-state index in [4.69, 9.17) is 17.3 Å². The Kier molecular flexibility index (Phi) is 2.87. The van der Waals surface area contributed by atoms with E-state index < -0.39 is 0 Å². The molecular formula is C10H10ClN5. The topological polar surface area (TPSA) is 76.7 Å². The highest BCUT2D eigenvalue weighted by Gasteiger charge is 2.07. The molecule has 0 aliphatic rings. The number of anilines is 3. The lowest BCUT2D eigenvalue weighted by Crippen LogP contribution is -2.00. The van der Waals surface area contributed by atoms with Crippen LogP contribution in [-0.2, 0) is 0 Å². The molecule has 6 heteroatoms. The van der Waals surface area contributed by atoms with E-state index in [1.165, 1.54) is 6.33 Å². The molecule has 0 amide bonds. The van der Waals surface area contributed by atoms with Crippen molar-refractivity contribution in [2.75, 3.05) is 11.1 Å². The third-order valence-electron chi connectivity index (χ3n) is 2.11. The number of aryl methyl sites for hydroxylation is 1. The lowest BCUT2D eigenvalue weighted by Gasteiger charge is -2.09. The van der Waals surface area contributed by atoms with Gasteiger partial charge in [-0.15, -0.1) is 0 Å². The zero-order valence-electron chi connectivity index (χ0n) is 8.61. The molecule has 0 atom stereocenters. The first-order valence-electron chi connectivity index (χ1n) is 4.62. The molecule has 2 aromatic heterocycles. The maximum Gasteiger partial charge on any atom is 0.154 e. The Morgan fingerprint density at radius 3 is 2.94 bits per heavy atom. The molecule has 0 fully saturated rings. The lowest BCUT2D eigenvalue weighted by atomic mass is 10.2. The third-order valence-corrected chi connectivity index (χ3v) is 2.48. The molecule has 0 aromatic carbocycles. The van der Waals surface area contributed by atoms with Gasteiger partial charge in [-0.3, -0.25) is 4.98 Å². The first-order chi connectivity index (χ1) is 7.68. The fourth-order valence-electron chi connectivity index (χ4n) is 1.19. The molecule has 3 N–H and O–H groups in total. The molecule has 0 unspecified atom stereocenters. The Morgan fingerprint density at radius 2 is 2.19 bits per heavy atom. The van der Waals surface area contributed by atoms with Crippen molar-refractivity contribution < 1.29 is 0 Å². The maximum absolute atomic E-state index is 5.96. The van der Waals surface area contributed by atoms with Crippen LogP contribution in [0, 0.1) is 6.92 Å². The number of nitrogens with zero attached hydrogens (tertiary/aromatic N) is 3. The van der Waals surface area contributed by atoms with Gasteiger partial charge in [-0.1, -0.05) is 11.6 Å². The van der Waals surface area contributed by atoms with E-state index in [0.29, 0.717) is 10.8 Å². The number of hydrogen-bond donors (Lipinski definition) is 2. The first kappa shape index (κ1) is 10.6. The van der Waals surface area contributed by atoms with Crippen molar-refractivity contribution in [3.8, 4) is 0 Å². The van der Waals surface area contributed by atoms with Crippen molar-refractivity contribution in [3.63, 3.8) is 0 Å². The summed E-state index contributed by atoms with van der Waals surface area (Å²) < 4.78 is 0. The molecule has 5 nitrogen and oxygen atoms in total. The molecule has 2 heterocycles. The summed E-state index contributed by atoms with van der Waals surface area (Å²) in [5.74, 6) is 0.728. The average molecular weight is 236 g/mol. The highest BCUT2D eigenvalue weighted by molar-refractivity contribution is 6.35. The predicted molar refractivity (Wildman–Crippen MR) is 63.7 cm³/mol. The summed E-state index contributed by atoms with van der Waals surface area (Å²) in [5.41, 5.74) is 7.45. The second-order valence-corrected chi connectivity index (χ2v) is 3.62. The zero-order chi connectivity index (χ0) is 11.5. The Balaban J connectivity index is 2.35. The van der Waals surface area contributed by atoms with Gasteiger partial charge in [0.25, 0.3) is 0 Å². The predicted octanol–water partition coefficient (Wildman–Crippen LogP) is 2.16. The Labute approximate surface area is 97.7 Å². The van der Waals surface area contributed by atoms with Crippen LogP contribution in [0.4, 0.5) is 17.3 Å². The summed E-state index contributed by atoms with van der Waals surface area (Å²) in [6.07, 6.45) is 4.77. The van der Waals surface area contributed by atoms with Crippen LogP contribution in [-0.4, -0.2) is 15.0 Å². The normalized spacial score (nSPS) is 10.1. The first-order valence-corrected chi connectivity index (χ1v) is 5.00. The molecule has 0 aliphatic heterocycles. The van der Waals surface area contributed by atoms with E-state index in [9.17, 15) is 0 Å². The fraction of sp³-hybridized carbons (Fsp3) is 0.100. The van der Waals surface area contributed by atoms with Gasteiger partial charge in [0, 0.05) is 6.20 Å². The summed E-state index contributed by atoms with van der Waals surface area (Å²) in [5, 5.41) is 3.37. The number of nitrogens with one attached hydrogen (secondary N) is 1. The SMILES string of the molecule is Cc1ccncc1Nc1ncnc(N)c1Cl. The standard InChI is InChI=1S/C10H10ClN5/c1-6-2-3-13-4-7(6)16-10-8(11)9(12)14-5-15-10/h2-5H,1H3,(H3,12,14,15,16). The van der Waals surface area contributed by atoms with Crippen LogP contribution >= 0.6 is 11.6 Å². The van der Waals surface area contributed by atoms with Gasteiger partial charge in [0.05, 0.1) is 11.9 Å². The lowest BCUT2D eigenvalue weighted by molar-refractivity contribution is 1.17. The monoisotopic (exact) mass is 235 g/mol. The van der Waals surface area contributed by atoms with Crippen molar-refractivity contribution in [1.29, 1.82) is 0 Å². The summed E-state index contributed by atoms with van der Waals surface area (Å²) in [6.45, 7) is 1.96. The number of hydrogen-bond acceptors (Lipinski definition) is 5. The number of aromatic nitrogens is 3. The average Bonchev–Trinajstić information content (AvgIpc) is 2.28. The van der Waals surface area contributed by atoms with Gasteiger partial charge in [-0.05, 0) is 18.6 Å². The van der Waals surface area contributed by atoms with Gasteiger partial charge in [-0.25, -0.2) is 9.97 Å². The van der Waals surface area contributed by atoms with Crippen LogP contribution in [0.2, 0.25) is 5.02 Å². The summed E-state index contributed by atoms with van der Waals surface area (Å²) in [6, 6.07) is 1.89. The minimum absolute atomic E-state index is 0.251. The molecular weight excluding hydrogens is 226 g/mol. The summed E-state index contributed by atoms with van der Waals surface area (Å²) in [7, 11) is 0. The van der Waals surface area contributed by atoms with Gasteiger partial charge >= 0.3 is 0 Å². The number of rotatable bonds is 2. The van der Waals surface area contributed by atoms with Gasteiger partial charge in [0.1, 0.15) is 17.2 Å². The molecule has 0 saturated carbocycles. The number of halogens is 1. The third kappa shape index (κ3) is 2.04.